The van der Waals surface area contributed by atoms with Gasteiger partial charge in [-0.3, -0.25) is 4.79 Å². The molecule has 6 nitrogen and oxygen atoms in total. The molecule has 0 saturated heterocycles. The van der Waals surface area contributed by atoms with E-state index in [0.29, 0.717) is 19.4 Å². The lowest BCUT2D eigenvalue weighted by atomic mass is 9.73. The standard InChI is InChI=1S/C34H42FIO6/c1-4-22(20-32(39)40)23-7-13-26(14-8-23)42-31-18-16-28-27(31)15-17-29(34(3,35)36)33(28)24-9-11-25(12-10-24)41-19-5-6-30(38)21(2)37/h4,7-14,21,27,29-31,37-38H,5-6,15-20H2,1-3H3,(H,39,40)/b22-4-/t21-,27?,29?,30?,31?,34+/m1/s1. The SMILES string of the molecule is C/C=C(/CC(=O)O)c1ccc(OC2CCC3=C(c4ccc(OCCCC(O)[C@@H](C)O)cc4)C([C@@](C)(F)I)CCC32)cc1. The van der Waals surface area contributed by atoms with Crippen molar-refractivity contribution in [2.75, 3.05) is 6.61 Å². The molecule has 0 bridgehead atoms. The Balaban J connectivity index is 1.49. The van der Waals surface area contributed by atoms with E-state index < -0.39 is 21.9 Å². The first-order valence-corrected chi connectivity index (χ1v) is 15.9. The number of hydrogen-bond acceptors (Lipinski definition) is 5. The van der Waals surface area contributed by atoms with Crippen LogP contribution in [0.1, 0.15) is 76.8 Å². The molecule has 4 rings (SSSR count). The second kappa shape index (κ2) is 14.4. The number of carboxylic acid groups (broad SMARTS) is 1. The summed E-state index contributed by atoms with van der Waals surface area (Å²) in [5.74, 6) is 0.611. The zero-order valence-corrected chi connectivity index (χ0v) is 26.7. The van der Waals surface area contributed by atoms with Gasteiger partial charge in [-0.25, -0.2) is 4.39 Å². The largest absolute Gasteiger partial charge is 0.494 e. The van der Waals surface area contributed by atoms with E-state index in [1.165, 1.54) is 5.57 Å². The number of aliphatic carboxylic acids is 1. The van der Waals surface area contributed by atoms with Gasteiger partial charge in [0.1, 0.15) is 17.6 Å². The number of alkyl halides is 2. The van der Waals surface area contributed by atoms with Crippen LogP contribution in [0.2, 0.25) is 0 Å². The average Bonchev–Trinajstić information content (AvgIpc) is 3.36. The Labute approximate surface area is 261 Å². The third-order valence-electron chi connectivity index (χ3n) is 8.51. The minimum atomic E-state index is -1.39. The van der Waals surface area contributed by atoms with Crippen LogP contribution in [0, 0.1) is 11.8 Å². The van der Waals surface area contributed by atoms with E-state index in [9.17, 15) is 20.1 Å². The summed E-state index contributed by atoms with van der Waals surface area (Å²) in [7, 11) is 0. The van der Waals surface area contributed by atoms with Crippen molar-refractivity contribution in [2.45, 2.75) is 87.7 Å². The van der Waals surface area contributed by atoms with E-state index in [1.54, 1.807) is 13.8 Å². The van der Waals surface area contributed by atoms with Gasteiger partial charge < -0.3 is 24.8 Å². The number of ether oxygens (including phenoxy) is 2. The fraction of sp³-hybridized carbons (Fsp3) is 0.500. The Kier molecular flexibility index (Phi) is 11.1. The molecule has 0 spiro atoms. The monoisotopic (exact) mass is 692 g/mol. The minimum absolute atomic E-state index is 0.00156. The average molecular weight is 693 g/mol. The molecule has 2 aromatic rings. The highest BCUT2D eigenvalue weighted by Crippen LogP contribution is 2.53. The van der Waals surface area contributed by atoms with E-state index in [0.717, 1.165) is 59.5 Å². The molecular weight excluding hydrogens is 650 g/mol. The van der Waals surface area contributed by atoms with Crippen LogP contribution in [0.3, 0.4) is 0 Å². The van der Waals surface area contributed by atoms with Gasteiger partial charge in [0.25, 0.3) is 0 Å². The Morgan fingerprint density at radius 3 is 2.36 bits per heavy atom. The number of carbonyl (C=O) groups is 1. The summed E-state index contributed by atoms with van der Waals surface area (Å²) in [5, 5.41) is 28.4. The molecule has 6 atom stereocenters. The lowest BCUT2D eigenvalue weighted by Gasteiger charge is -2.37. The molecule has 2 aromatic carbocycles. The van der Waals surface area contributed by atoms with E-state index in [2.05, 4.69) is 0 Å². The quantitative estimate of drug-likeness (QED) is 0.114. The van der Waals surface area contributed by atoms with Crippen molar-refractivity contribution < 1.29 is 34.0 Å². The second-order valence-corrected chi connectivity index (χ2v) is 13.7. The second-order valence-electron chi connectivity index (χ2n) is 11.6. The molecule has 8 heteroatoms. The number of aliphatic hydroxyl groups is 2. The molecule has 0 heterocycles. The van der Waals surface area contributed by atoms with Crippen molar-refractivity contribution in [3.63, 3.8) is 0 Å². The van der Waals surface area contributed by atoms with Gasteiger partial charge in [0.2, 0.25) is 0 Å². The molecular formula is C34H42FIO6. The van der Waals surface area contributed by atoms with Gasteiger partial charge in [-0.1, -0.05) is 35.9 Å². The van der Waals surface area contributed by atoms with Gasteiger partial charge in [0, 0.05) is 11.8 Å². The molecule has 0 aromatic heterocycles. The normalized spacial score (nSPS) is 23.6. The topological polar surface area (TPSA) is 96.2 Å². The van der Waals surface area contributed by atoms with Crippen molar-refractivity contribution in [3.8, 4) is 11.5 Å². The van der Waals surface area contributed by atoms with Crippen LogP contribution in [0.25, 0.3) is 11.1 Å². The van der Waals surface area contributed by atoms with Crippen LogP contribution in [-0.4, -0.2) is 49.9 Å². The molecule has 2 aliphatic carbocycles. The molecule has 228 valence electrons. The van der Waals surface area contributed by atoms with Gasteiger partial charge >= 0.3 is 5.97 Å². The van der Waals surface area contributed by atoms with Crippen LogP contribution in [0.5, 0.6) is 11.5 Å². The van der Waals surface area contributed by atoms with Crippen molar-refractivity contribution in [3.05, 3.63) is 71.3 Å². The fourth-order valence-corrected chi connectivity index (χ4v) is 6.89. The van der Waals surface area contributed by atoms with Crippen molar-refractivity contribution in [2.24, 2.45) is 11.8 Å². The van der Waals surface area contributed by atoms with Crippen LogP contribution < -0.4 is 9.47 Å². The number of halogens is 2. The first kappa shape index (κ1) is 32.5. The molecule has 0 amide bonds. The van der Waals surface area contributed by atoms with E-state index in [1.807, 2.05) is 84.1 Å². The Morgan fingerprint density at radius 2 is 1.76 bits per heavy atom. The van der Waals surface area contributed by atoms with E-state index >= 15 is 4.39 Å². The summed E-state index contributed by atoms with van der Waals surface area (Å²) >= 11 is 1.94. The third kappa shape index (κ3) is 8.14. The number of carboxylic acids is 1. The number of hydrogen-bond donors (Lipinski definition) is 3. The number of allylic oxidation sites excluding steroid dienone is 2. The van der Waals surface area contributed by atoms with E-state index in [-0.39, 0.29) is 24.4 Å². The van der Waals surface area contributed by atoms with Crippen molar-refractivity contribution in [1.29, 1.82) is 0 Å². The van der Waals surface area contributed by atoms with Crippen molar-refractivity contribution >= 4 is 39.7 Å². The van der Waals surface area contributed by atoms with Gasteiger partial charge in [0.05, 0.1) is 25.2 Å². The first-order valence-electron chi connectivity index (χ1n) is 14.8. The molecule has 0 radical (unpaired) electrons. The van der Waals surface area contributed by atoms with Gasteiger partial charge in [-0.05, 0) is 128 Å². The highest BCUT2D eigenvalue weighted by atomic mass is 127. The summed E-state index contributed by atoms with van der Waals surface area (Å²) in [5.41, 5.74) is 5.02. The third-order valence-corrected chi connectivity index (χ3v) is 9.26. The maximum Gasteiger partial charge on any atom is 0.307 e. The highest BCUT2D eigenvalue weighted by molar-refractivity contribution is 14.1. The lowest BCUT2D eigenvalue weighted by molar-refractivity contribution is -0.135. The van der Waals surface area contributed by atoms with Crippen LogP contribution >= 0.6 is 22.6 Å². The minimum Gasteiger partial charge on any atom is -0.494 e. The Hall–Kier alpha value is -2.43. The number of aliphatic hydroxyl groups excluding tert-OH is 2. The summed E-state index contributed by atoms with van der Waals surface area (Å²) in [6.07, 6.45) is 4.72. The zero-order chi connectivity index (χ0) is 30.4. The highest BCUT2D eigenvalue weighted by Gasteiger charge is 2.45. The maximum atomic E-state index is 15.5. The Morgan fingerprint density at radius 1 is 1.10 bits per heavy atom. The number of benzene rings is 2. The fourth-order valence-electron chi connectivity index (χ4n) is 6.26. The summed E-state index contributed by atoms with van der Waals surface area (Å²) in [6.45, 7) is 5.51. The van der Waals surface area contributed by atoms with Gasteiger partial charge in [0.15, 0.2) is 3.68 Å². The van der Waals surface area contributed by atoms with Crippen molar-refractivity contribution in [1.82, 2.24) is 0 Å². The molecule has 1 saturated carbocycles. The van der Waals surface area contributed by atoms with Gasteiger partial charge in [-0.15, -0.1) is 0 Å². The summed E-state index contributed by atoms with van der Waals surface area (Å²) in [6, 6.07) is 15.5. The number of rotatable bonds is 13. The molecule has 1 fully saturated rings. The summed E-state index contributed by atoms with van der Waals surface area (Å²) < 4.78 is 26.5. The molecule has 2 aliphatic rings. The van der Waals surface area contributed by atoms with Crippen LogP contribution in [0.4, 0.5) is 4.39 Å². The lowest BCUT2D eigenvalue weighted by Crippen LogP contribution is -2.32. The molecule has 4 unspecified atom stereocenters. The molecule has 3 N–H and O–H groups in total. The predicted octanol–water partition coefficient (Wildman–Crippen LogP) is 7.61. The van der Waals surface area contributed by atoms with Crippen LogP contribution in [0.15, 0.2) is 60.2 Å². The van der Waals surface area contributed by atoms with E-state index in [4.69, 9.17) is 9.47 Å². The molecule has 42 heavy (non-hydrogen) atoms. The predicted molar refractivity (Wildman–Crippen MR) is 172 cm³/mol. The first-order chi connectivity index (χ1) is 20.0. The summed E-state index contributed by atoms with van der Waals surface area (Å²) in [4.78, 5) is 11.2. The number of fused-ring (bicyclic) bond motifs is 1. The maximum absolute atomic E-state index is 15.5. The zero-order valence-electron chi connectivity index (χ0n) is 24.6. The van der Waals surface area contributed by atoms with Crippen LogP contribution in [-0.2, 0) is 4.79 Å². The smallest absolute Gasteiger partial charge is 0.307 e. The molecule has 0 aliphatic heterocycles. The van der Waals surface area contributed by atoms with Gasteiger partial charge in [-0.2, -0.15) is 0 Å². The Bertz CT molecular complexity index is 1260.